The number of cyclic esters (lactones) is 1. The van der Waals surface area contributed by atoms with Gasteiger partial charge in [-0.25, -0.2) is 9.48 Å². The highest BCUT2D eigenvalue weighted by atomic mass is 16.7. The molecule has 0 unspecified atom stereocenters. The molecule has 14 atom stereocenters. The van der Waals surface area contributed by atoms with Crippen LogP contribution in [0.1, 0.15) is 80.2 Å². The minimum Gasteiger partial charge on any atom is -0.458 e. The molecule has 4 saturated heterocycles. The van der Waals surface area contributed by atoms with Crippen LogP contribution in [0.4, 0.5) is 4.79 Å². The topological polar surface area (TPSA) is 168 Å². The molecule has 5 aliphatic heterocycles. The van der Waals surface area contributed by atoms with Gasteiger partial charge in [-0.2, -0.15) is 5.10 Å². The molecule has 0 spiro atoms. The van der Waals surface area contributed by atoms with Gasteiger partial charge in [0.1, 0.15) is 24.5 Å². The lowest BCUT2D eigenvalue weighted by Crippen LogP contribution is -2.60. The van der Waals surface area contributed by atoms with Crippen LogP contribution in [0.15, 0.2) is 52.9 Å². The molecule has 4 fully saturated rings. The smallest absolute Gasteiger partial charge is 0.410 e. The molecule has 0 aliphatic carbocycles. The zero-order valence-corrected chi connectivity index (χ0v) is 37.4. The lowest BCUT2D eigenvalue weighted by molar-refractivity contribution is -0.302. The number of aliphatic hydroxyl groups is 1. The zero-order chi connectivity index (χ0) is 43.8. The van der Waals surface area contributed by atoms with E-state index in [4.69, 9.17) is 38.3 Å². The third-order valence-electron chi connectivity index (χ3n) is 13.7. The minimum atomic E-state index is -1.14. The van der Waals surface area contributed by atoms with Crippen molar-refractivity contribution in [3.63, 3.8) is 0 Å². The van der Waals surface area contributed by atoms with Crippen LogP contribution in [0, 0.1) is 23.7 Å². The fourth-order valence-corrected chi connectivity index (χ4v) is 10.6. The summed E-state index contributed by atoms with van der Waals surface area (Å²) in [4.78, 5) is 43.0. The average Bonchev–Trinajstić information content (AvgIpc) is 3.81. The van der Waals surface area contributed by atoms with Crippen molar-refractivity contribution in [3.8, 4) is 5.69 Å². The molecule has 7 rings (SSSR count). The number of likely N-dealkylation sites (N-methyl/N-ethyl adjacent to an activating group) is 1. The van der Waals surface area contributed by atoms with Crippen molar-refractivity contribution in [2.75, 3.05) is 40.4 Å². The average molecular weight is 851 g/mol. The molecule has 4 bridgehead atoms. The van der Waals surface area contributed by atoms with Crippen molar-refractivity contribution in [2.24, 2.45) is 33.8 Å². The molecule has 0 radical (unpaired) electrons. The fraction of sp³-hybridized carbons (Fsp3) is 0.711. The van der Waals surface area contributed by atoms with E-state index in [1.54, 1.807) is 22.7 Å². The molecular formula is C45H66N6O10. The van der Waals surface area contributed by atoms with Crippen molar-refractivity contribution in [1.82, 2.24) is 19.6 Å². The molecule has 1 aromatic carbocycles. The third kappa shape index (κ3) is 9.12. The molecule has 16 heteroatoms. The van der Waals surface area contributed by atoms with E-state index in [1.165, 1.54) is 0 Å². The fourth-order valence-electron chi connectivity index (χ4n) is 10.6. The van der Waals surface area contributed by atoms with E-state index in [1.807, 2.05) is 90.1 Å². The van der Waals surface area contributed by atoms with E-state index in [0.717, 1.165) is 17.0 Å². The summed E-state index contributed by atoms with van der Waals surface area (Å²) in [5, 5.41) is 20.7. The maximum absolute atomic E-state index is 14.6. The Hall–Kier alpha value is -3.93. The van der Waals surface area contributed by atoms with Crippen molar-refractivity contribution in [3.05, 3.63) is 48.3 Å². The number of amides is 1. The number of nitrogens with zero attached hydrogens (tertiary/aromatic N) is 6. The Morgan fingerprint density at radius 1 is 1.05 bits per heavy atom. The lowest BCUT2D eigenvalue weighted by atomic mass is 9.72. The van der Waals surface area contributed by atoms with Gasteiger partial charge in [0.15, 0.2) is 11.9 Å². The number of ether oxygens (including phenoxy) is 6. The number of benzene rings is 1. The highest BCUT2D eigenvalue weighted by Crippen LogP contribution is 2.45. The first-order valence-corrected chi connectivity index (χ1v) is 22.0. The Morgan fingerprint density at radius 3 is 2.49 bits per heavy atom. The van der Waals surface area contributed by atoms with E-state index >= 15 is 0 Å². The van der Waals surface area contributed by atoms with Gasteiger partial charge >= 0.3 is 12.1 Å². The van der Waals surface area contributed by atoms with Gasteiger partial charge in [-0.15, -0.1) is 0 Å². The molecule has 5 aliphatic rings. The molecule has 0 saturated carbocycles. The standard InChI is InChI=1S/C45H66N6O10/c1-11-35-45(8)39-28(4)36(46-18-20-50(39)43(54)61-45)26(2)22-44(7)40(60-42-37(52)34(49(9)10)21-27(3)58-42)29(5)38(30(6)41(53)59-35)55-24-32(25-56-44)48-57-23-31-13-15-33(16-14-31)51-19-12-17-47-51/h12-17,19,26-30,34-35,37-40,42,52H,11,18,20-25H2,1-10H3/b48-32+/t26-,27+,28+,29+,30-,34-,35-,37+,38+,39-,40-,42-,44-,45-/m1/s1. The third-order valence-corrected chi connectivity index (χ3v) is 13.7. The van der Waals surface area contributed by atoms with Crippen LogP contribution in [0.25, 0.3) is 5.69 Å². The van der Waals surface area contributed by atoms with Gasteiger partial charge in [0, 0.05) is 42.5 Å². The van der Waals surface area contributed by atoms with Crippen LogP contribution in [0.5, 0.6) is 0 Å². The first-order chi connectivity index (χ1) is 29.0. The van der Waals surface area contributed by atoms with Crippen molar-refractivity contribution >= 4 is 23.5 Å². The second kappa shape index (κ2) is 18.4. The summed E-state index contributed by atoms with van der Waals surface area (Å²) in [6.07, 6.45) is 0.173. The first kappa shape index (κ1) is 45.1. The first-order valence-electron chi connectivity index (χ1n) is 22.0. The zero-order valence-electron chi connectivity index (χ0n) is 37.4. The van der Waals surface area contributed by atoms with Gasteiger partial charge < -0.3 is 43.3 Å². The molecular weight excluding hydrogens is 785 g/mol. The number of hydrogen-bond donors (Lipinski definition) is 1. The van der Waals surface area contributed by atoms with Gasteiger partial charge in [-0.05, 0) is 90.7 Å². The quantitative estimate of drug-likeness (QED) is 0.278. The largest absolute Gasteiger partial charge is 0.458 e. The Balaban J connectivity index is 1.27. The van der Waals surface area contributed by atoms with Crippen LogP contribution in [0.2, 0.25) is 0 Å². The van der Waals surface area contributed by atoms with E-state index in [-0.39, 0.29) is 43.8 Å². The van der Waals surface area contributed by atoms with Gasteiger partial charge in [0.25, 0.3) is 0 Å². The Morgan fingerprint density at radius 2 is 1.80 bits per heavy atom. The molecule has 6 heterocycles. The summed E-state index contributed by atoms with van der Waals surface area (Å²) in [6.45, 7) is 16.8. The Labute approximate surface area is 359 Å². The van der Waals surface area contributed by atoms with E-state index in [2.05, 4.69) is 24.1 Å². The molecule has 61 heavy (non-hydrogen) atoms. The van der Waals surface area contributed by atoms with E-state index in [0.29, 0.717) is 38.1 Å². The number of fused-ring (bicyclic) bond motifs is 4. The maximum atomic E-state index is 14.6. The van der Waals surface area contributed by atoms with Crippen molar-refractivity contribution in [2.45, 2.75) is 141 Å². The molecule has 1 N–H and O–H groups in total. The second-order valence-corrected chi connectivity index (χ2v) is 18.4. The number of esters is 1. The van der Waals surface area contributed by atoms with Crippen LogP contribution >= 0.6 is 0 Å². The van der Waals surface area contributed by atoms with Gasteiger partial charge in [0.05, 0.1) is 61.3 Å². The van der Waals surface area contributed by atoms with Gasteiger partial charge in [-0.1, -0.05) is 45.0 Å². The van der Waals surface area contributed by atoms with Crippen molar-refractivity contribution < 1.29 is 48.0 Å². The van der Waals surface area contributed by atoms with E-state index < -0.39 is 71.8 Å². The number of aromatic nitrogens is 2. The van der Waals surface area contributed by atoms with Crippen molar-refractivity contribution in [1.29, 1.82) is 0 Å². The summed E-state index contributed by atoms with van der Waals surface area (Å²) in [5.74, 6) is -2.25. The van der Waals surface area contributed by atoms with Gasteiger partial charge in [-0.3, -0.25) is 14.7 Å². The molecule has 2 aromatic rings. The predicted octanol–water partition coefficient (Wildman–Crippen LogP) is 5.03. The molecule has 1 amide bonds. The number of oxime groups is 1. The van der Waals surface area contributed by atoms with Crippen LogP contribution in [0.3, 0.4) is 0 Å². The number of hydrogen-bond acceptors (Lipinski definition) is 14. The lowest BCUT2D eigenvalue weighted by Gasteiger charge is -2.48. The molecule has 336 valence electrons. The normalized spacial score (nSPS) is 39.4. The minimum absolute atomic E-state index is 0.00117. The number of rotatable bonds is 8. The van der Waals surface area contributed by atoms with E-state index in [9.17, 15) is 14.7 Å². The number of carbonyl (C=O) groups excluding carboxylic acids is 2. The monoisotopic (exact) mass is 850 g/mol. The predicted molar refractivity (Wildman–Crippen MR) is 226 cm³/mol. The molecule has 1 aromatic heterocycles. The number of aliphatic imine (C=N–C) groups is 1. The summed E-state index contributed by atoms with van der Waals surface area (Å²) in [5.41, 5.74) is 1.01. The summed E-state index contributed by atoms with van der Waals surface area (Å²) in [6, 6.07) is 9.07. The van der Waals surface area contributed by atoms with Gasteiger partial charge in [0.2, 0.25) is 0 Å². The van der Waals surface area contributed by atoms with Crippen LogP contribution in [-0.4, -0.2) is 149 Å². The number of carbonyl (C=O) groups is 2. The highest BCUT2D eigenvalue weighted by Gasteiger charge is 2.60. The number of aliphatic hydroxyl groups excluding tert-OH is 1. The SMILES string of the molecule is CC[C@H]1OC(=O)[C@H](C)[C@H]2OC/C(=N\OCc3ccc(-n4cccn4)cc3)CO[C@](C)(C[C@@H](C)C3=NCCN4C(=O)O[C@@]1(C)[C@H]4[C@H]3C)[C@H](O[C@H]1O[C@@H](C)C[C@@H](N(C)C)[C@@H]1O)[C@H]2C. The molecule has 16 nitrogen and oxygen atoms in total. The van der Waals surface area contributed by atoms with Crippen LogP contribution < -0.4 is 0 Å². The summed E-state index contributed by atoms with van der Waals surface area (Å²) < 4.78 is 41.7. The highest BCUT2D eigenvalue weighted by molar-refractivity contribution is 5.91. The van der Waals surface area contributed by atoms with Crippen LogP contribution in [-0.2, 0) is 44.7 Å². The maximum Gasteiger partial charge on any atom is 0.410 e. The summed E-state index contributed by atoms with van der Waals surface area (Å²) in [7, 11) is 3.88. The Kier molecular flexibility index (Phi) is 13.6. The second-order valence-electron chi connectivity index (χ2n) is 18.4. The summed E-state index contributed by atoms with van der Waals surface area (Å²) >= 11 is 0. The Bertz CT molecular complexity index is 1890.